The van der Waals surface area contributed by atoms with Crippen LogP contribution in [0.1, 0.15) is 5.56 Å². The average molecular weight is 344 g/mol. The Kier molecular flexibility index (Phi) is 6.01. The fourth-order valence-electron chi connectivity index (χ4n) is 2.99. The Bertz CT molecular complexity index is 670. The molecule has 2 aromatic carbocycles. The molecule has 0 spiro atoms. The SMILES string of the molecule is O=[S@@](CCN1CCN(Cc2cccc(O)c2)CC1)c1ccccc1. The standard InChI is InChI=1S/C19H24N2O2S/c22-18-6-4-5-17(15-18)16-21-11-9-20(10-12-21)13-14-24(23)19-7-2-1-3-8-19/h1-8,15,22H,9-14,16H2/t24-/m0/s1. The van der Waals surface area contributed by atoms with E-state index >= 15 is 0 Å². The van der Waals surface area contributed by atoms with Gasteiger partial charge in [0.1, 0.15) is 5.75 Å². The van der Waals surface area contributed by atoms with Gasteiger partial charge in [-0.2, -0.15) is 0 Å². The molecule has 4 nitrogen and oxygen atoms in total. The van der Waals surface area contributed by atoms with Crippen LogP contribution in [0.2, 0.25) is 0 Å². The number of nitrogens with zero attached hydrogens (tertiary/aromatic N) is 2. The van der Waals surface area contributed by atoms with Crippen LogP contribution in [0.15, 0.2) is 59.5 Å². The van der Waals surface area contributed by atoms with Crippen molar-refractivity contribution in [3.8, 4) is 5.75 Å². The Hall–Kier alpha value is -1.69. The minimum Gasteiger partial charge on any atom is -0.508 e. The third-order valence-electron chi connectivity index (χ3n) is 4.38. The first-order valence-corrected chi connectivity index (χ1v) is 9.68. The fourth-order valence-corrected chi connectivity index (χ4v) is 4.11. The summed E-state index contributed by atoms with van der Waals surface area (Å²) in [6.45, 7) is 5.77. The second-order valence-electron chi connectivity index (χ2n) is 6.15. The second-order valence-corrected chi connectivity index (χ2v) is 7.72. The van der Waals surface area contributed by atoms with Gasteiger partial charge in [0.2, 0.25) is 0 Å². The van der Waals surface area contributed by atoms with Gasteiger partial charge in [-0.1, -0.05) is 30.3 Å². The number of phenols is 1. The quantitative estimate of drug-likeness (QED) is 0.873. The summed E-state index contributed by atoms with van der Waals surface area (Å²) in [5.41, 5.74) is 1.15. The fraction of sp³-hybridized carbons (Fsp3) is 0.368. The molecule has 128 valence electrons. The molecular weight excluding hydrogens is 320 g/mol. The molecule has 1 heterocycles. The number of hydrogen-bond acceptors (Lipinski definition) is 4. The van der Waals surface area contributed by atoms with E-state index in [2.05, 4.69) is 15.9 Å². The smallest absolute Gasteiger partial charge is 0.115 e. The zero-order valence-electron chi connectivity index (χ0n) is 13.8. The molecule has 1 N–H and O–H groups in total. The highest BCUT2D eigenvalue weighted by Gasteiger charge is 2.17. The third kappa shape index (κ3) is 4.90. The Morgan fingerprint density at radius 2 is 1.62 bits per heavy atom. The molecule has 0 bridgehead atoms. The number of benzene rings is 2. The monoisotopic (exact) mass is 344 g/mol. The van der Waals surface area contributed by atoms with Crippen molar-refractivity contribution in [1.82, 2.24) is 9.80 Å². The first-order chi connectivity index (χ1) is 11.7. The van der Waals surface area contributed by atoms with Crippen molar-refractivity contribution in [3.05, 3.63) is 60.2 Å². The molecule has 0 amide bonds. The maximum absolute atomic E-state index is 12.3. The van der Waals surface area contributed by atoms with Crippen molar-refractivity contribution in [1.29, 1.82) is 0 Å². The summed E-state index contributed by atoms with van der Waals surface area (Å²) in [6.07, 6.45) is 0. The predicted molar refractivity (Wildman–Crippen MR) is 97.5 cm³/mol. The molecule has 1 aliphatic rings. The van der Waals surface area contributed by atoms with Crippen LogP contribution >= 0.6 is 0 Å². The molecule has 0 aromatic heterocycles. The van der Waals surface area contributed by atoms with Crippen LogP contribution in [-0.2, 0) is 17.3 Å². The summed E-state index contributed by atoms with van der Waals surface area (Å²) >= 11 is 0. The van der Waals surface area contributed by atoms with Crippen molar-refractivity contribution in [2.75, 3.05) is 38.5 Å². The zero-order valence-corrected chi connectivity index (χ0v) is 14.6. The highest BCUT2D eigenvalue weighted by molar-refractivity contribution is 7.85. The van der Waals surface area contributed by atoms with Gasteiger partial charge >= 0.3 is 0 Å². The first kappa shape index (κ1) is 17.1. The number of piperazine rings is 1. The molecule has 3 rings (SSSR count). The predicted octanol–water partition coefficient (Wildman–Crippen LogP) is 2.32. The van der Waals surface area contributed by atoms with Gasteiger partial charge in [0.05, 0.1) is 10.8 Å². The van der Waals surface area contributed by atoms with Gasteiger partial charge in [-0.15, -0.1) is 0 Å². The Morgan fingerprint density at radius 3 is 2.33 bits per heavy atom. The van der Waals surface area contributed by atoms with Gasteiger partial charge in [-0.3, -0.25) is 14.0 Å². The molecule has 0 radical (unpaired) electrons. The van der Waals surface area contributed by atoms with Crippen LogP contribution in [0, 0.1) is 0 Å². The maximum Gasteiger partial charge on any atom is 0.115 e. The highest BCUT2D eigenvalue weighted by Crippen LogP contribution is 2.14. The highest BCUT2D eigenvalue weighted by atomic mass is 32.2. The van der Waals surface area contributed by atoms with Crippen LogP contribution in [0.3, 0.4) is 0 Å². The minimum absolute atomic E-state index is 0.328. The van der Waals surface area contributed by atoms with Crippen LogP contribution in [-0.4, -0.2) is 57.6 Å². The Labute approximate surface area is 146 Å². The number of phenolic OH excluding ortho intramolecular Hbond substituents is 1. The van der Waals surface area contributed by atoms with Crippen molar-refractivity contribution in [2.24, 2.45) is 0 Å². The Morgan fingerprint density at radius 1 is 0.917 bits per heavy atom. The molecule has 1 fully saturated rings. The molecule has 1 atom stereocenters. The van der Waals surface area contributed by atoms with E-state index in [1.807, 2.05) is 42.5 Å². The van der Waals surface area contributed by atoms with E-state index in [9.17, 15) is 9.32 Å². The molecule has 24 heavy (non-hydrogen) atoms. The lowest BCUT2D eigenvalue weighted by molar-refractivity contribution is 0.132. The summed E-state index contributed by atoms with van der Waals surface area (Å²) in [5.74, 6) is 1.02. The van der Waals surface area contributed by atoms with Crippen molar-refractivity contribution in [2.45, 2.75) is 11.4 Å². The van der Waals surface area contributed by atoms with Gasteiger partial charge in [-0.25, -0.2) is 0 Å². The molecular formula is C19H24N2O2S. The van der Waals surface area contributed by atoms with Crippen LogP contribution < -0.4 is 0 Å². The molecule has 0 unspecified atom stereocenters. The topological polar surface area (TPSA) is 43.8 Å². The number of aromatic hydroxyl groups is 1. The van der Waals surface area contributed by atoms with Crippen LogP contribution in [0.5, 0.6) is 5.75 Å². The van der Waals surface area contributed by atoms with E-state index in [1.165, 1.54) is 0 Å². The van der Waals surface area contributed by atoms with Crippen molar-refractivity contribution < 1.29 is 9.32 Å². The number of rotatable bonds is 6. The third-order valence-corrected chi connectivity index (χ3v) is 5.73. The van der Waals surface area contributed by atoms with E-state index in [1.54, 1.807) is 6.07 Å². The van der Waals surface area contributed by atoms with Crippen molar-refractivity contribution >= 4 is 10.8 Å². The second kappa shape index (κ2) is 8.42. The summed E-state index contributed by atoms with van der Waals surface area (Å²) < 4.78 is 12.3. The van der Waals surface area contributed by atoms with E-state index in [-0.39, 0.29) is 0 Å². The Balaban J connectivity index is 1.41. The summed E-state index contributed by atoms with van der Waals surface area (Å²) in [5, 5.41) is 9.54. The molecule has 0 aliphatic carbocycles. The summed E-state index contributed by atoms with van der Waals surface area (Å²) in [4.78, 5) is 5.71. The maximum atomic E-state index is 12.3. The molecule has 1 aliphatic heterocycles. The molecule has 0 saturated carbocycles. The van der Waals surface area contributed by atoms with Gasteiger partial charge in [0, 0.05) is 49.9 Å². The lowest BCUT2D eigenvalue weighted by Crippen LogP contribution is -2.46. The number of hydrogen-bond donors (Lipinski definition) is 1. The first-order valence-electron chi connectivity index (χ1n) is 8.37. The van der Waals surface area contributed by atoms with Crippen molar-refractivity contribution in [3.63, 3.8) is 0 Å². The normalized spacial score (nSPS) is 17.7. The van der Waals surface area contributed by atoms with Crippen LogP contribution in [0.4, 0.5) is 0 Å². The van der Waals surface area contributed by atoms with Gasteiger partial charge in [0.25, 0.3) is 0 Å². The average Bonchev–Trinajstić information content (AvgIpc) is 2.62. The lowest BCUT2D eigenvalue weighted by atomic mass is 10.2. The van der Waals surface area contributed by atoms with Gasteiger partial charge in [-0.05, 0) is 29.8 Å². The van der Waals surface area contributed by atoms with E-state index in [4.69, 9.17) is 0 Å². The van der Waals surface area contributed by atoms with Gasteiger partial charge < -0.3 is 5.11 Å². The lowest BCUT2D eigenvalue weighted by Gasteiger charge is -2.34. The van der Waals surface area contributed by atoms with E-state index < -0.39 is 10.8 Å². The van der Waals surface area contributed by atoms with Crippen LogP contribution in [0.25, 0.3) is 0 Å². The summed E-state index contributed by atoms with van der Waals surface area (Å²) in [7, 11) is -0.911. The minimum atomic E-state index is -0.911. The molecule has 5 heteroatoms. The van der Waals surface area contributed by atoms with E-state index in [0.29, 0.717) is 11.5 Å². The van der Waals surface area contributed by atoms with E-state index in [0.717, 1.165) is 49.7 Å². The molecule has 1 saturated heterocycles. The van der Waals surface area contributed by atoms with Gasteiger partial charge in [0.15, 0.2) is 0 Å². The summed E-state index contributed by atoms with van der Waals surface area (Å²) in [6, 6.07) is 17.2. The largest absolute Gasteiger partial charge is 0.508 e. The zero-order chi connectivity index (χ0) is 16.8. The molecule has 2 aromatic rings.